The lowest BCUT2D eigenvalue weighted by atomic mass is 9.98. The second kappa shape index (κ2) is 6.30. The van der Waals surface area contributed by atoms with E-state index >= 15 is 0 Å². The monoisotopic (exact) mass is 278 g/mol. The smallest absolute Gasteiger partial charge is 0.0981 e. The quantitative estimate of drug-likeness (QED) is 0.826. The standard InChI is InChI=1S/C14H22N4S/c1-14(2,3)13-17-10-12(19-13)9-15-5-4-7-18-8-6-16-11-18/h6,8,10-11,15H,4-5,7,9H2,1-3H3. The van der Waals surface area contributed by atoms with Crippen LogP contribution in [0, 0.1) is 0 Å². The summed E-state index contributed by atoms with van der Waals surface area (Å²) in [6.07, 6.45) is 8.78. The molecule has 0 radical (unpaired) electrons. The number of rotatable bonds is 6. The summed E-state index contributed by atoms with van der Waals surface area (Å²) in [5.41, 5.74) is 0.157. The van der Waals surface area contributed by atoms with Crippen molar-refractivity contribution in [2.24, 2.45) is 0 Å². The summed E-state index contributed by atoms with van der Waals surface area (Å²) in [7, 11) is 0. The molecule has 4 nitrogen and oxygen atoms in total. The molecule has 0 fully saturated rings. The first-order chi connectivity index (χ1) is 9.05. The molecule has 2 heterocycles. The van der Waals surface area contributed by atoms with Crippen molar-refractivity contribution in [3.05, 3.63) is 34.8 Å². The molecule has 104 valence electrons. The molecule has 0 aliphatic rings. The molecule has 0 bridgehead atoms. The minimum Gasteiger partial charge on any atom is -0.337 e. The lowest BCUT2D eigenvalue weighted by Crippen LogP contribution is -2.15. The minimum absolute atomic E-state index is 0.157. The second-order valence-corrected chi connectivity index (χ2v) is 6.83. The molecule has 1 N–H and O–H groups in total. The summed E-state index contributed by atoms with van der Waals surface area (Å²) in [5, 5.41) is 4.68. The molecule has 5 heteroatoms. The van der Waals surface area contributed by atoms with Crippen LogP contribution in [0.1, 0.15) is 37.1 Å². The number of aromatic nitrogens is 3. The normalized spacial score (nSPS) is 11.9. The van der Waals surface area contributed by atoms with Crippen LogP contribution in [0.3, 0.4) is 0 Å². The third-order valence-electron chi connectivity index (χ3n) is 2.82. The van der Waals surface area contributed by atoms with E-state index in [9.17, 15) is 0 Å². The molecule has 2 rings (SSSR count). The molecule has 19 heavy (non-hydrogen) atoms. The molecule has 2 aromatic rings. The van der Waals surface area contributed by atoms with E-state index in [0.29, 0.717) is 0 Å². The average Bonchev–Trinajstić information content (AvgIpc) is 2.97. The summed E-state index contributed by atoms with van der Waals surface area (Å²) in [5.74, 6) is 0. The number of hydrogen-bond acceptors (Lipinski definition) is 4. The van der Waals surface area contributed by atoms with E-state index < -0.39 is 0 Å². The van der Waals surface area contributed by atoms with Crippen molar-refractivity contribution in [3.63, 3.8) is 0 Å². The predicted molar refractivity (Wildman–Crippen MR) is 79.4 cm³/mol. The first-order valence-corrected chi connectivity index (χ1v) is 7.49. The van der Waals surface area contributed by atoms with Crippen LogP contribution in [-0.2, 0) is 18.5 Å². The highest BCUT2D eigenvalue weighted by atomic mass is 32.1. The first kappa shape index (κ1) is 14.2. The molecule has 0 aliphatic carbocycles. The van der Waals surface area contributed by atoms with Gasteiger partial charge in [-0.05, 0) is 13.0 Å². The van der Waals surface area contributed by atoms with Crippen LogP contribution in [0.2, 0.25) is 0 Å². The summed E-state index contributed by atoms with van der Waals surface area (Å²) in [6.45, 7) is 9.55. The Bertz CT molecular complexity index is 482. The lowest BCUT2D eigenvalue weighted by molar-refractivity contribution is 0.582. The Morgan fingerprint density at radius 3 is 2.84 bits per heavy atom. The third-order valence-corrected chi connectivity index (χ3v) is 4.25. The van der Waals surface area contributed by atoms with Crippen molar-refractivity contribution in [2.75, 3.05) is 6.54 Å². The first-order valence-electron chi connectivity index (χ1n) is 6.67. The number of nitrogens with one attached hydrogen (secondary N) is 1. The zero-order valence-electron chi connectivity index (χ0n) is 11.9. The highest BCUT2D eigenvalue weighted by molar-refractivity contribution is 7.11. The van der Waals surface area contributed by atoms with Crippen molar-refractivity contribution in [1.29, 1.82) is 0 Å². The largest absolute Gasteiger partial charge is 0.337 e. The summed E-state index contributed by atoms with van der Waals surface area (Å²) in [4.78, 5) is 9.84. The molecule has 0 atom stereocenters. The van der Waals surface area contributed by atoms with Gasteiger partial charge in [0.15, 0.2) is 0 Å². The van der Waals surface area contributed by atoms with Crippen LogP contribution in [0.15, 0.2) is 24.9 Å². The Balaban J connectivity index is 1.67. The maximum atomic E-state index is 4.49. The van der Waals surface area contributed by atoms with Crippen LogP contribution >= 0.6 is 11.3 Å². The van der Waals surface area contributed by atoms with Gasteiger partial charge in [0.2, 0.25) is 0 Å². The second-order valence-electron chi connectivity index (χ2n) is 5.71. The van der Waals surface area contributed by atoms with Gasteiger partial charge in [0, 0.05) is 42.0 Å². The van der Waals surface area contributed by atoms with Crippen LogP contribution < -0.4 is 5.32 Å². The zero-order chi connectivity index (χ0) is 13.7. The van der Waals surface area contributed by atoms with Gasteiger partial charge in [0.05, 0.1) is 11.3 Å². The van der Waals surface area contributed by atoms with Gasteiger partial charge in [0.1, 0.15) is 0 Å². The van der Waals surface area contributed by atoms with Crippen molar-refractivity contribution in [2.45, 2.75) is 45.7 Å². The Labute approximate surface area is 118 Å². The Morgan fingerprint density at radius 1 is 1.37 bits per heavy atom. The predicted octanol–water partition coefficient (Wildman–Crippen LogP) is 2.82. The molecule has 0 aliphatic heterocycles. The molecule has 0 amide bonds. The van der Waals surface area contributed by atoms with E-state index in [1.807, 2.05) is 24.9 Å². The fourth-order valence-electron chi connectivity index (χ4n) is 1.75. The van der Waals surface area contributed by atoms with Crippen molar-refractivity contribution >= 4 is 11.3 Å². The van der Waals surface area contributed by atoms with Crippen LogP contribution in [0.4, 0.5) is 0 Å². The summed E-state index contributed by atoms with van der Waals surface area (Å²) >= 11 is 1.81. The summed E-state index contributed by atoms with van der Waals surface area (Å²) in [6, 6.07) is 0. The van der Waals surface area contributed by atoms with E-state index in [0.717, 1.165) is 26.1 Å². The van der Waals surface area contributed by atoms with E-state index in [4.69, 9.17) is 0 Å². The van der Waals surface area contributed by atoms with Crippen molar-refractivity contribution in [3.8, 4) is 0 Å². The minimum atomic E-state index is 0.157. The number of thiazole rings is 1. The Hall–Kier alpha value is -1.20. The van der Waals surface area contributed by atoms with Crippen LogP contribution in [-0.4, -0.2) is 21.1 Å². The Kier molecular flexibility index (Phi) is 4.71. The molecule has 0 spiro atoms. The SMILES string of the molecule is CC(C)(C)c1ncc(CNCCCn2ccnc2)s1. The highest BCUT2D eigenvalue weighted by Crippen LogP contribution is 2.26. The van der Waals surface area contributed by atoms with Gasteiger partial charge in [-0.1, -0.05) is 20.8 Å². The van der Waals surface area contributed by atoms with Gasteiger partial charge < -0.3 is 9.88 Å². The Morgan fingerprint density at radius 2 is 2.21 bits per heavy atom. The van der Waals surface area contributed by atoms with Crippen molar-refractivity contribution in [1.82, 2.24) is 19.9 Å². The fourth-order valence-corrected chi connectivity index (χ4v) is 2.69. The lowest BCUT2D eigenvalue weighted by Gasteiger charge is -2.13. The molecule has 0 saturated heterocycles. The number of aryl methyl sites for hydroxylation is 1. The number of imidazole rings is 1. The third kappa shape index (κ3) is 4.44. The van der Waals surface area contributed by atoms with E-state index in [1.165, 1.54) is 9.88 Å². The van der Waals surface area contributed by atoms with E-state index in [1.54, 1.807) is 11.3 Å². The van der Waals surface area contributed by atoms with Gasteiger partial charge in [-0.15, -0.1) is 11.3 Å². The average molecular weight is 278 g/mol. The van der Waals surface area contributed by atoms with Gasteiger partial charge in [-0.25, -0.2) is 9.97 Å². The van der Waals surface area contributed by atoms with Gasteiger partial charge in [-0.3, -0.25) is 0 Å². The van der Waals surface area contributed by atoms with Crippen LogP contribution in [0.25, 0.3) is 0 Å². The maximum absolute atomic E-state index is 4.49. The highest BCUT2D eigenvalue weighted by Gasteiger charge is 2.17. The maximum Gasteiger partial charge on any atom is 0.0981 e. The van der Waals surface area contributed by atoms with Gasteiger partial charge in [0.25, 0.3) is 0 Å². The molecular formula is C14H22N4S. The molecular weight excluding hydrogens is 256 g/mol. The van der Waals surface area contributed by atoms with E-state index in [-0.39, 0.29) is 5.41 Å². The van der Waals surface area contributed by atoms with E-state index in [2.05, 4.69) is 40.6 Å². The van der Waals surface area contributed by atoms with Gasteiger partial charge in [-0.2, -0.15) is 0 Å². The molecule has 2 aromatic heterocycles. The molecule has 0 aromatic carbocycles. The topological polar surface area (TPSA) is 42.7 Å². The number of hydrogen-bond donors (Lipinski definition) is 1. The van der Waals surface area contributed by atoms with Crippen LogP contribution in [0.5, 0.6) is 0 Å². The van der Waals surface area contributed by atoms with Gasteiger partial charge >= 0.3 is 0 Å². The van der Waals surface area contributed by atoms with Crippen molar-refractivity contribution < 1.29 is 0 Å². The molecule has 0 unspecified atom stereocenters. The number of nitrogens with zero attached hydrogens (tertiary/aromatic N) is 3. The summed E-state index contributed by atoms with van der Waals surface area (Å²) < 4.78 is 2.10. The fraction of sp³-hybridized carbons (Fsp3) is 0.571. The zero-order valence-corrected chi connectivity index (χ0v) is 12.7. The molecule has 0 saturated carbocycles.